The number of allylic oxidation sites excluding steroid dienone is 2. The Kier molecular flexibility index (Phi) is 3.30. The molecule has 0 nitrogen and oxygen atoms in total. The molecule has 2 rings (SSSR count). The predicted octanol–water partition coefficient (Wildman–Crippen LogP) is 4.42. The maximum absolute atomic E-state index is 2.53. The van der Waals surface area contributed by atoms with E-state index in [0.717, 1.165) is 23.7 Å². The molecular formula is C14H24. The van der Waals surface area contributed by atoms with Gasteiger partial charge in [0.15, 0.2) is 0 Å². The number of rotatable bonds is 2. The molecule has 0 heterocycles. The molecule has 2 saturated carbocycles. The molecule has 0 bridgehead atoms. The van der Waals surface area contributed by atoms with E-state index in [0.29, 0.717) is 0 Å². The minimum atomic E-state index is 0.918. The van der Waals surface area contributed by atoms with Crippen LogP contribution in [0.3, 0.4) is 0 Å². The standard InChI is InChI=1S/C14H24/c1-11-3-5-13(9-11)7-8-14-6-4-12(2)10-14/h7-8,11-14H,3-6,9-10H2,1-2H3/b8-7-. The third-order valence-electron chi connectivity index (χ3n) is 4.13. The van der Waals surface area contributed by atoms with Crippen LogP contribution < -0.4 is 0 Å². The Morgan fingerprint density at radius 2 is 1.14 bits per heavy atom. The molecule has 80 valence electrons. The molecule has 2 aliphatic rings. The van der Waals surface area contributed by atoms with E-state index in [1.165, 1.54) is 38.5 Å². The summed E-state index contributed by atoms with van der Waals surface area (Å²) in [7, 11) is 0. The van der Waals surface area contributed by atoms with Crippen LogP contribution >= 0.6 is 0 Å². The Morgan fingerprint density at radius 3 is 1.43 bits per heavy atom. The van der Waals surface area contributed by atoms with Gasteiger partial charge in [-0.1, -0.05) is 38.8 Å². The molecular weight excluding hydrogens is 168 g/mol. The van der Waals surface area contributed by atoms with Crippen molar-refractivity contribution in [2.24, 2.45) is 23.7 Å². The van der Waals surface area contributed by atoms with Gasteiger partial charge in [0.25, 0.3) is 0 Å². The molecule has 0 saturated heterocycles. The van der Waals surface area contributed by atoms with Crippen molar-refractivity contribution in [3.05, 3.63) is 12.2 Å². The first-order valence-corrected chi connectivity index (χ1v) is 6.42. The highest BCUT2D eigenvalue weighted by Crippen LogP contribution is 2.34. The van der Waals surface area contributed by atoms with E-state index in [9.17, 15) is 0 Å². The van der Waals surface area contributed by atoms with Crippen molar-refractivity contribution in [2.45, 2.75) is 52.4 Å². The third-order valence-corrected chi connectivity index (χ3v) is 4.13. The summed E-state index contributed by atoms with van der Waals surface area (Å²) < 4.78 is 0. The summed E-state index contributed by atoms with van der Waals surface area (Å²) in [5.41, 5.74) is 0. The fourth-order valence-corrected chi connectivity index (χ4v) is 3.17. The zero-order chi connectivity index (χ0) is 9.97. The highest BCUT2D eigenvalue weighted by molar-refractivity contribution is 4.97. The van der Waals surface area contributed by atoms with Gasteiger partial charge in [0, 0.05) is 0 Å². The van der Waals surface area contributed by atoms with E-state index in [-0.39, 0.29) is 0 Å². The van der Waals surface area contributed by atoms with Gasteiger partial charge in [0.2, 0.25) is 0 Å². The zero-order valence-corrected chi connectivity index (χ0v) is 9.71. The van der Waals surface area contributed by atoms with E-state index in [4.69, 9.17) is 0 Å². The van der Waals surface area contributed by atoms with Crippen molar-refractivity contribution in [3.63, 3.8) is 0 Å². The highest BCUT2D eigenvalue weighted by Gasteiger charge is 2.21. The fourth-order valence-electron chi connectivity index (χ4n) is 3.17. The van der Waals surface area contributed by atoms with Gasteiger partial charge in [-0.15, -0.1) is 0 Å². The normalized spacial score (nSPS) is 43.9. The van der Waals surface area contributed by atoms with Gasteiger partial charge in [-0.25, -0.2) is 0 Å². The monoisotopic (exact) mass is 192 g/mol. The van der Waals surface area contributed by atoms with Crippen LogP contribution in [-0.2, 0) is 0 Å². The van der Waals surface area contributed by atoms with Crippen molar-refractivity contribution < 1.29 is 0 Å². The molecule has 0 heteroatoms. The van der Waals surface area contributed by atoms with Gasteiger partial charge in [-0.3, -0.25) is 0 Å². The van der Waals surface area contributed by atoms with Crippen molar-refractivity contribution in [3.8, 4) is 0 Å². The molecule has 2 fully saturated rings. The molecule has 0 aliphatic heterocycles. The summed E-state index contributed by atoms with van der Waals surface area (Å²) in [4.78, 5) is 0. The topological polar surface area (TPSA) is 0 Å². The molecule has 0 aromatic rings. The summed E-state index contributed by atoms with van der Waals surface area (Å²) in [5, 5.41) is 0. The van der Waals surface area contributed by atoms with Crippen LogP contribution in [-0.4, -0.2) is 0 Å². The van der Waals surface area contributed by atoms with E-state index in [1.54, 1.807) is 0 Å². The summed E-state index contributed by atoms with van der Waals surface area (Å²) in [6.45, 7) is 4.79. The number of hydrogen-bond donors (Lipinski definition) is 0. The molecule has 0 radical (unpaired) electrons. The smallest absolute Gasteiger partial charge is 0.0231 e. The Morgan fingerprint density at radius 1 is 0.714 bits per heavy atom. The van der Waals surface area contributed by atoms with Crippen LogP contribution in [0.4, 0.5) is 0 Å². The van der Waals surface area contributed by atoms with E-state index in [1.807, 2.05) is 0 Å². The lowest BCUT2D eigenvalue weighted by Crippen LogP contribution is -1.93. The molecule has 14 heavy (non-hydrogen) atoms. The molecule has 4 unspecified atom stereocenters. The minimum Gasteiger partial charge on any atom is -0.0851 e. The molecule has 0 spiro atoms. The first-order chi connectivity index (χ1) is 6.74. The fraction of sp³-hybridized carbons (Fsp3) is 0.857. The molecule has 0 N–H and O–H groups in total. The van der Waals surface area contributed by atoms with Crippen molar-refractivity contribution in [2.75, 3.05) is 0 Å². The van der Waals surface area contributed by atoms with E-state index >= 15 is 0 Å². The van der Waals surface area contributed by atoms with Gasteiger partial charge < -0.3 is 0 Å². The molecule has 0 amide bonds. The van der Waals surface area contributed by atoms with Crippen LogP contribution in [0.15, 0.2) is 12.2 Å². The maximum Gasteiger partial charge on any atom is -0.0231 e. The molecule has 0 aromatic carbocycles. The van der Waals surface area contributed by atoms with Crippen molar-refractivity contribution in [1.82, 2.24) is 0 Å². The zero-order valence-electron chi connectivity index (χ0n) is 9.71. The van der Waals surface area contributed by atoms with Gasteiger partial charge in [0.1, 0.15) is 0 Å². The average Bonchev–Trinajstić information content (AvgIpc) is 2.72. The lowest BCUT2D eigenvalue weighted by atomic mass is 10.0. The van der Waals surface area contributed by atoms with Gasteiger partial charge in [0.05, 0.1) is 0 Å². The summed E-state index contributed by atoms with van der Waals surface area (Å²) >= 11 is 0. The lowest BCUT2D eigenvalue weighted by Gasteiger charge is -2.05. The Hall–Kier alpha value is -0.260. The Labute approximate surface area is 88.8 Å². The average molecular weight is 192 g/mol. The second-order valence-electron chi connectivity index (χ2n) is 5.74. The second kappa shape index (κ2) is 4.51. The summed E-state index contributed by atoms with van der Waals surface area (Å²) in [6, 6.07) is 0. The minimum absolute atomic E-state index is 0.918. The first-order valence-electron chi connectivity index (χ1n) is 6.42. The predicted molar refractivity (Wildman–Crippen MR) is 62.2 cm³/mol. The van der Waals surface area contributed by atoms with Crippen LogP contribution in [0.25, 0.3) is 0 Å². The van der Waals surface area contributed by atoms with Gasteiger partial charge >= 0.3 is 0 Å². The second-order valence-corrected chi connectivity index (χ2v) is 5.74. The lowest BCUT2D eigenvalue weighted by molar-refractivity contribution is 0.572. The summed E-state index contributed by atoms with van der Waals surface area (Å²) in [6.07, 6.45) is 13.8. The van der Waals surface area contributed by atoms with E-state index in [2.05, 4.69) is 26.0 Å². The van der Waals surface area contributed by atoms with Gasteiger partial charge in [-0.2, -0.15) is 0 Å². The highest BCUT2D eigenvalue weighted by atomic mass is 14.3. The largest absolute Gasteiger partial charge is 0.0851 e. The maximum atomic E-state index is 2.53. The SMILES string of the molecule is CC1CCC(/C=C\C2CCC(C)C2)C1. The third kappa shape index (κ3) is 2.62. The van der Waals surface area contributed by atoms with Crippen molar-refractivity contribution >= 4 is 0 Å². The molecule has 0 aromatic heterocycles. The van der Waals surface area contributed by atoms with Crippen LogP contribution in [0.5, 0.6) is 0 Å². The van der Waals surface area contributed by atoms with Crippen LogP contribution in [0, 0.1) is 23.7 Å². The Bertz CT molecular complexity index is 182. The quantitative estimate of drug-likeness (QED) is 0.568. The molecule has 4 atom stereocenters. The first kappa shape index (κ1) is 10.3. The van der Waals surface area contributed by atoms with Crippen molar-refractivity contribution in [1.29, 1.82) is 0 Å². The summed E-state index contributed by atoms with van der Waals surface area (Å²) in [5.74, 6) is 3.79. The van der Waals surface area contributed by atoms with Crippen LogP contribution in [0.1, 0.15) is 52.4 Å². The number of hydrogen-bond acceptors (Lipinski definition) is 0. The van der Waals surface area contributed by atoms with E-state index < -0.39 is 0 Å². The molecule has 2 aliphatic carbocycles. The Balaban J connectivity index is 1.76. The van der Waals surface area contributed by atoms with Crippen LogP contribution in [0.2, 0.25) is 0 Å². The van der Waals surface area contributed by atoms with Gasteiger partial charge in [-0.05, 0) is 49.4 Å².